The van der Waals surface area contributed by atoms with Gasteiger partial charge in [-0.05, 0) is 24.7 Å². The second kappa shape index (κ2) is 11.4. The molecule has 1 heterocycles. The van der Waals surface area contributed by atoms with Crippen LogP contribution in [0.3, 0.4) is 0 Å². The highest BCUT2D eigenvalue weighted by molar-refractivity contribution is 7.98. The number of thioether (sulfide) groups is 1. The van der Waals surface area contributed by atoms with Crippen molar-refractivity contribution in [2.75, 3.05) is 38.2 Å². The summed E-state index contributed by atoms with van der Waals surface area (Å²) in [6, 6.07) is 6.43. The second-order valence-corrected chi connectivity index (χ2v) is 7.26. The van der Waals surface area contributed by atoms with Crippen LogP contribution >= 0.6 is 11.8 Å². The van der Waals surface area contributed by atoms with Crippen LogP contribution in [0.5, 0.6) is 0 Å². The number of carbonyl (C=O) groups is 1. The van der Waals surface area contributed by atoms with Crippen LogP contribution in [0.4, 0.5) is 5.69 Å². The first-order valence-electron chi connectivity index (χ1n) is 9.12. The second-order valence-electron chi connectivity index (χ2n) is 6.27. The molecule has 1 saturated heterocycles. The molecule has 2 N–H and O–H groups in total. The third-order valence-electron chi connectivity index (χ3n) is 4.23. The van der Waals surface area contributed by atoms with E-state index in [-0.39, 0.29) is 11.6 Å². The number of nitro groups is 1. The first-order valence-corrected chi connectivity index (χ1v) is 10.5. The maximum absolute atomic E-state index is 11.6. The fourth-order valence-electron chi connectivity index (χ4n) is 2.76. The molecule has 9 heteroatoms. The van der Waals surface area contributed by atoms with E-state index in [9.17, 15) is 14.9 Å². The molecule has 0 radical (unpaired) electrons. The molecule has 0 aliphatic carbocycles. The molecule has 148 valence electrons. The molecule has 0 saturated carbocycles. The first kappa shape index (κ1) is 21.0. The van der Waals surface area contributed by atoms with Gasteiger partial charge in [-0.1, -0.05) is 12.1 Å². The van der Waals surface area contributed by atoms with Crippen molar-refractivity contribution in [3.8, 4) is 0 Å². The van der Waals surface area contributed by atoms with Crippen LogP contribution in [0.15, 0.2) is 29.3 Å². The fourth-order valence-corrected chi connectivity index (χ4v) is 3.06. The molecule has 1 aliphatic heterocycles. The Bertz CT molecular complexity index is 651. The van der Waals surface area contributed by atoms with E-state index >= 15 is 0 Å². The van der Waals surface area contributed by atoms with Gasteiger partial charge >= 0.3 is 0 Å². The van der Waals surface area contributed by atoms with Gasteiger partial charge in [-0.15, -0.1) is 0 Å². The number of nitrogens with zero attached hydrogens (tertiary/aromatic N) is 3. The van der Waals surface area contributed by atoms with Crippen molar-refractivity contribution in [2.24, 2.45) is 4.99 Å². The number of carbonyl (C=O) groups excluding carboxylic acids is 1. The Hall–Kier alpha value is -2.29. The Morgan fingerprint density at radius 3 is 2.67 bits per heavy atom. The van der Waals surface area contributed by atoms with Crippen molar-refractivity contribution in [1.29, 1.82) is 0 Å². The van der Waals surface area contributed by atoms with Crippen LogP contribution in [-0.4, -0.2) is 59.9 Å². The minimum Gasteiger partial charge on any atom is -0.356 e. The molecule has 1 aliphatic rings. The van der Waals surface area contributed by atoms with Crippen molar-refractivity contribution in [2.45, 2.75) is 25.8 Å². The molecule has 0 spiro atoms. The molecule has 8 nitrogen and oxygen atoms in total. The predicted octanol–water partition coefficient (Wildman–Crippen LogP) is 2.01. The Morgan fingerprint density at radius 1 is 1.30 bits per heavy atom. The lowest BCUT2D eigenvalue weighted by Gasteiger charge is -2.16. The van der Waals surface area contributed by atoms with Crippen LogP contribution in [-0.2, 0) is 11.3 Å². The molecule has 0 unspecified atom stereocenters. The lowest BCUT2D eigenvalue weighted by molar-refractivity contribution is -0.384. The number of hydrogen-bond donors (Lipinski definition) is 2. The predicted molar refractivity (Wildman–Crippen MR) is 109 cm³/mol. The number of nitro benzene ring substituents is 1. The van der Waals surface area contributed by atoms with Crippen LogP contribution in [0.25, 0.3) is 0 Å². The highest BCUT2D eigenvalue weighted by Crippen LogP contribution is 2.12. The van der Waals surface area contributed by atoms with Crippen LogP contribution in [0.2, 0.25) is 0 Å². The van der Waals surface area contributed by atoms with Crippen molar-refractivity contribution in [3.63, 3.8) is 0 Å². The van der Waals surface area contributed by atoms with Crippen molar-refractivity contribution in [1.82, 2.24) is 15.5 Å². The van der Waals surface area contributed by atoms with E-state index < -0.39 is 4.92 Å². The summed E-state index contributed by atoms with van der Waals surface area (Å²) in [6.07, 6.45) is 4.55. The summed E-state index contributed by atoms with van der Waals surface area (Å²) < 4.78 is 0. The summed E-state index contributed by atoms with van der Waals surface area (Å²) >= 11 is 1.75. The molecule has 0 aromatic heterocycles. The van der Waals surface area contributed by atoms with E-state index in [1.165, 1.54) is 12.1 Å². The van der Waals surface area contributed by atoms with Gasteiger partial charge in [-0.25, -0.2) is 4.99 Å². The summed E-state index contributed by atoms with van der Waals surface area (Å²) in [4.78, 5) is 28.4. The van der Waals surface area contributed by atoms with Gasteiger partial charge in [0.25, 0.3) is 5.69 Å². The average Bonchev–Trinajstić information content (AvgIpc) is 3.08. The summed E-state index contributed by atoms with van der Waals surface area (Å²) in [5.41, 5.74) is 0.991. The largest absolute Gasteiger partial charge is 0.356 e. The highest BCUT2D eigenvalue weighted by atomic mass is 32.2. The van der Waals surface area contributed by atoms with E-state index in [4.69, 9.17) is 0 Å². The molecule has 1 amide bonds. The van der Waals surface area contributed by atoms with E-state index in [0.717, 1.165) is 56.3 Å². The number of benzene rings is 1. The van der Waals surface area contributed by atoms with Crippen molar-refractivity contribution < 1.29 is 9.72 Å². The quantitative estimate of drug-likeness (QED) is 0.207. The number of rotatable bonds is 10. The normalized spacial score (nSPS) is 14.5. The number of nitrogens with one attached hydrogen (secondary N) is 2. The maximum Gasteiger partial charge on any atom is 0.269 e. The number of amides is 1. The monoisotopic (exact) mass is 393 g/mol. The zero-order chi connectivity index (χ0) is 19.5. The zero-order valence-corrected chi connectivity index (χ0v) is 16.5. The Labute approximate surface area is 163 Å². The molecular weight excluding hydrogens is 366 g/mol. The van der Waals surface area contributed by atoms with Crippen LogP contribution in [0, 0.1) is 10.1 Å². The van der Waals surface area contributed by atoms with E-state index in [1.54, 1.807) is 23.9 Å². The first-order chi connectivity index (χ1) is 13.1. The van der Waals surface area contributed by atoms with Gasteiger partial charge in [-0.2, -0.15) is 11.8 Å². The summed E-state index contributed by atoms with van der Waals surface area (Å²) in [5, 5.41) is 17.3. The lowest BCUT2D eigenvalue weighted by Crippen LogP contribution is -2.40. The van der Waals surface area contributed by atoms with Gasteiger partial charge in [-0.3, -0.25) is 14.9 Å². The van der Waals surface area contributed by atoms with Crippen molar-refractivity contribution in [3.05, 3.63) is 39.9 Å². The minimum absolute atomic E-state index is 0.0793. The molecule has 1 aromatic rings. The molecule has 0 bridgehead atoms. The molecule has 27 heavy (non-hydrogen) atoms. The SMILES string of the molecule is CSCCNC(=NCc1ccc([N+](=O)[O-])cc1)NCCCN1CCCC1=O. The third kappa shape index (κ3) is 7.46. The number of hydrogen-bond acceptors (Lipinski definition) is 5. The van der Waals surface area contributed by atoms with E-state index in [1.807, 2.05) is 4.90 Å². The van der Waals surface area contributed by atoms with Gasteiger partial charge in [0.2, 0.25) is 5.91 Å². The fraction of sp³-hybridized carbons (Fsp3) is 0.556. The third-order valence-corrected chi connectivity index (χ3v) is 4.85. The summed E-state index contributed by atoms with van der Waals surface area (Å²) in [7, 11) is 0. The van der Waals surface area contributed by atoms with Gasteiger partial charge in [0.15, 0.2) is 5.96 Å². The average molecular weight is 394 g/mol. The molecular formula is C18H27N5O3S. The minimum atomic E-state index is -0.408. The number of likely N-dealkylation sites (tertiary alicyclic amines) is 1. The smallest absolute Gasteiger partial charge is 0.269 e. The zero-order valence-electron chi connectivity index (χ0n) is 15.6. The van der Waals surface area contributed by atoms with Gasteiger partial charge in [0.05, 0.1) is 11.5 Å². The van der Waals surface area contributed by atoms with Crippen LogP contribution in [0.1, 0.15) is 24.8 Å². The number of guanidine groups is 1. The summed E-state index contributed by atoms with van der Waals surface area (Å²) in [5.74, 6) is 1.94. The van der Waals surface area contributed by atoms with Gasteiger partial charge < -0.3 is 15.5 Å². The molecule has 0 atom stereocenters. The molecule has 1 aromatic carbocycles. The lowest BCUT2D eigenvalue weighted by atomic mass is 10.2. The van der Waals surface area contributed by atoms with Gasteiger partial charge in [0, 0.05) is 50.5 Å². The summed E-state index contributed by atoms with van der Waals surface area (Å²) in [6.45, 7) is 3.61. The van der Waals surface area contributed by atoms with Gasteiger partial charge in [0.1, 0.15) is 0 Å². The maximum atomic E-state index is 11.6. The van der Waals surface area contributed by atoms with E-state index in [2.05, 4.69) is 21.9 Å². The topological polar surface area (TPSA) is 99.9 Å². The Morgan fingerprint density at radius 2 is 2.04 bits per heavy atom. The standard InChI is InChI=1S/C18H27N5O3S/c1-27-13-10-20-18(19-9-3-12-22-11-2-4-17(22)24)21-14-15-5-7-16(8-6-15)23(25)26/h5-8H,2-4,9-14H2,1H3,(H2,19,20,21). The van der Waals surface area contributed by atoms with E-state index in [0.29, 0.717) is 13.0 Å². The molecule has 2 rings (SSSR count). The number of aliphatic imine (C=N–C) groups is 1. The molecule has 1 fully saturated rings. The number of non-ortho nitro benzene ring substituents is 1. The van der Waals surface area contributed by atoms with Crippen LogP contribution < -0.4 is 10.6 Å². The highest BCUT2D eigenvalue weighted by Gasteiger charge is 2.18. The van der Waals surface area contributed by atoms with Crippen molar-refractivity contribution >= 4 is 29.3 Å². The Balaban J connectivity index is 1.82. The Kier molecular flexibility index (Phi) is 8.90.